The Morgan fingerprint density at radius 1 is 1.11 bits per heavy atom. The predicted molar refractivity (Wildman–Crippen MR) is 107 cm³/mol. The van der Waals surface area contributed by atoms with E-state index < -0.39 is 0 Å². The van der Waals surface area contributed by atoms with Crippen LogP contribution in [0.3, 0.4) is 0 Å². The molecule has 2 heterocycles. The molecule has 0 bridgehead atoms. The maximum atomic E-state index is 12.7. The van der Waals surface area contributed by atoms with Gasteiger partial charge in [0.2, 0.25) is 0 Å². The van der Waals surface area contributed by atoms with Crippen LogP contribution in [-0.4, -0.2) is 14.5 Å². The van der Waals surface area contributed by atoms with Gasteiger partial charge in [-0.25, -0.2) is 9.97 Å². The molecule has 6 heteroatoms. The third-order valence-electron chi connectivity index (χ3n) is 4.37. The summed E-state index contributed by atoms with van der Waals surface area (Å²) in [4.78, 5) is 21.7. The second kappa shape index (κ2) is 7.32. The molecule has 4 rings (SSSR count). The molecule has 0 aliphatic rings. The van der Waals surface area contributed by atoms with Gasteiger partial charge in [0, 0.05) is 5.38 Å². The molecular formula is C21H19N3O2S. The molecule has 0 aliphatic heterocycles. The zero-order valence-electron chi connectivity index (χ0n) is 15.2. The number of fused-ring (bicyclic) bond motifs is 1. The summed E-state index contributed by atoms with van der Waals surface area (Å²) in [6, 6.07) is 13.6. The van der Waals surface area contributed by atoms with E-state index in [1.807, 2.05) is 61.7 Å². The number of aromatic nitrogens is 3. The topological polar surface area (TPSA) is 57.0 Å². The number of hydrogen-bond donors (Lipinski definition) is 0. The fourth-order valence-electron chi connectivity index (χ4n) is 2.89. The Bertz CT molecular complexity index is 1150. The van der Waals surface area contributed by atoms with Gasteiger partial charge in [-0.1, -0.05) is 29.8 Å². The average molecular weight is 377 g/mol. The maximum absolute atomic E-state index is 12.7. The normalized spacial score (nSPS) is 11.0. The summed E-state index contributed by atoms with van der Waals surface area (Å²) in [6.07, 6.45) is 1.60. The summed E-state index contributed by atoms with van der Waals surface area (Å²) in [6.45, 7) is 4.82. The highest BCUT2D eigenvalue weighted by atomic mass is 32.1. The molecule has 0 atom stereocenters. The molecule has 2 aromatic carbocycles. The number of rotatable bonds is 5. The van der Waals surface area contributed by atoms with Crippen molar-refractivity contribution in [2.75, 3.05) is 0 Å². The lowest BCUT2D eigenvalue weighted by atomic mass is 10.1. The van der Waals surface area contributed by atoms with Crippen LogP contribution in [0.2, 0.25) is 0 Å². The second-order valence-electron chi connectivity index (χ2n) is 6.48. The molecule has 0 N–H and O–H groups in total. The Kier molecular flexibility index (Phi) is 4.73. The quantitative estimate of drug-likeness (QED) is 0.525. The van der Waals surface area contributed by atoms with Gasteiger partial charge >= 0.3 is 0 Å². The molecule has 0 saturated carbocycles. The van der Waals surface area contributed by atoms with E-state index in [4.69, 9.17) is 4.74 Å². The monoisotopic (exact) mass is 377 g/mol. The van der Waals surface area contributed by atoms with Crippen LogP contribution in [0.25, 0.3) is 10.9 Å². The van der Waals surface area contributed by atoms with Crippen molar-refractivity contribution in [3.63, 3.8) is 0 Å². The fraction of sp³-hybridized carbons (Fsp3) is 0.190. The van der Waals surface area contributed by atoms with Crippen molar-refractivity contribution < 1.29 is 4.74 Å². The maximum Gasteiger partial charge on any atom is 0.261 e. The fourth-order valence-corrected chi connectivity index (χ4v) is 3.59. The Morgan fingerprint density at radius 3 is 2.74 bits per heavy atom. The zero-order chi connectivity index (χ0) is 18.8. The molecule has 4 aromatic rings. The molecule has 0 aliphatic carbocycles. The van der Waals surface area contributed by atoms with Crippen LogP contribution in [0, 0.1) is 13.8 Å². The van der Waals surface area contributed by atoms with Crippen LogP contribution in [-0.2, 0) is 13.2 Å². The van der Waals surface area contributed by atoms with Gasteiger partial charge in [-0.3, -0.25) is 9.36 Å². The first-order valence-corrected chi connectivity index (χ1v) is 9.55. The van der Waals surface area contributed by atoms with Crippen LogP contribution in [0.15, 0.2) is 59.0 Å². The SMILES string of the molecule is Cc1ccc(OCc2nc(Cn3cnc4c(C)cccc4c3=O)cs2)cc1. The van der Waals surface area contributed by atoms with E-state index in [1.165, 1.54) is 16.9 Å². The van der Waals surface area contributed by atoms with Crippen molar-refractivity contribution >= 4 is 22.2 Å². The summed E-state index contributed by atoms with van der Waals surface area (Å²) < 4.78 is 7.37. The summed E-state index contributed by atoms with van der Waals surface area (Å²) in [5.41, 5.74) is 3.74. The standard InChI is InChI=1S/C21H19N3O2S/c1-14-6-8-17(9-7-14)26-11-19-23-16(12-27-19)10-24-13-22-20-15(2)4-3-5-18(20)21(24)25/h3-9,12-13H,10-11H2,1-2H3. The molecule has 0 unspecified atom stereocenters. The predicted octanol–water partition coefficient (Wildman–Crippen LogP) is 4.10. The molecule has 0 fully saturated rings. The van der Waals surface area contributed by atoms with Crippen LogP contribution in [0.5, 0.6) is 5.75 Å². The van der Waals surface area contributed by atoms with Crippen molar-refractivity contribution in [3.05, 3.63) is 86.4 Å². The Morgan fingerprint density at radius 2 is 1.93 bits per heavy atom. The molecule has 27 heavy (non-hydrogen) atoms. The van der Waals surface area contributed by atoms with Gasteiger partial charge in [0.1, 0.15) is 17.4 Å². The molecule has 5 nitrogen and oxygen atoms in total. The highest BCUT2D eigenvalue weighted by molar-refractivity contribution is 7.09. The highest BCUT2D eigenvalue weighted by Gasteiger charge is 2.09. The molecule has 2 aromatic heterocycles. The minimum Gasteiger partial charge on any atom is -0.486 e. The molecule has 0 spiro atoms. The lowest BCUT2D eigenvalue weighted by Gasteiger charge is -2.06. The minimum absolute atomic E-state index is 0.0471. The summed E-state index contributed by atoms with van der Waals surface area (Å²) in [7, 11) is 0. The van der Waals surface area contributed by atoms with Crippen molar-refractivity contribution in [3.8, 4) is 5.75 Å². The van der Waals surface area contributed by atoms with Gasteiger partial charge in [-0.15, -0.1) is 11.3 Å². The first-order valence-electron chi connectivity index (χ1n) is 8.67. The van der Waals surface area contributed by atoms with Crippen molar-refractivity contribution in [1.82, 2.24) is 14.5 Å². The largest absolute Gasteiger partial charge is 0.486 e. The van der Waals surface area contributed by atoms with Crippen molar-refractivity contribution in [1.29, 1.82) is 0 Å². The molecular weight excluding hydrogens is 358 g/mol. The summed E-state index contributed by atoms with van der Waals surface area (Å²) >= 11 is 1.53. The van der Waals surface area contributed by atoms with Gasteiger partial charge in [0.25, 0.3) is 5.56 Å². The van der Waals surface area contributed by atoms with Gasteiger partial charge in [0.15, 0.2) is 0 Å². The Balaban J connectivity index is 1.49. The number of ether oxygens (including phenoxy) is 1. The number of hydrogen-bond acceptors (Lipinski definition) is 5. The highest BCUT2D eigenvalue weighted by Crippen LogP contribution is 2.17. The Labute approximate surface area is 160 Å². The lowest BCUT2D eigenvalue weighted by Crippen LogP contribution is -2.21. The van der Waals surface area contributed by atoms with E-state index in [0.717, 1.165) is 27.5 Å². The van der Waals surface area contributed by atoms with E-state index in [9.17, 15) is 4.79 Å². The van der Waals surface area contributed by atoms with Gasteiger partial charge in [0.05, 0.1) is 29.5 Å². The average Bonchev–Trinajstić information content (AvgIpc) is 3.12. The van der Waals surface area contributed by atoms with E-state index in [-0.39, 0.29) is 5.56 Å². The number of para-hydroxylation sites is 1. The number of aryl methyl sites for hydroxylation is 2. The smallest absolute Gasteiger partial charge is 0.261 e. The van der Waals surface area contributed by atoms with Crippen molar-refractivity contribution in [2.45, 2.75) is 27.0 Å². The molecule has 0 saturated heterocycles. The van der Waals surface area contributed by atoms with E-state index in [1.54, 1.807) is 10.9 Å². The first kappa shape index (κ1) is 17.4. The van der Waals surface area contributed by atoms with Crippen LogP contribution < -0.4 is 10.3 Å². The van der Waals surface area contributed by atoms with Crippen molar-refractivity contribution in [2.24, 2.45) is 0 Å². The van der Waals surface area contributed by atoms with Crippen LogP contribution in [0.1, 0.15) is 21.8 Å². The van der Waals surface area contributed by atoms with Gasteiger partial charge < -0.3 is 4.74 Å². The van der Waals surface area contributed by atoms with E-state index >= 15 is 0 Å². The number of nitrogens with zero attached hydrogens (tertiary/aromatic N) is 3. The number of thiazole rings is 1. The molecule has 0 amide bonds. The number of benzene rings is 2. The third kappa shape index (κ3) is 3.75. The van der Waals surface area contributed by atoms with Gasteiger partial charge in [-0.05, 0) is 37.6 Å². The zero-order valence-corrected chi connectivity index (χ0v) is 16.0. The lowest BCUT2D eigenvalue weighted by molar-refractivity contribution is 0.305. The van der Waals surface area contributed by atoms with E-state index in [2.05, 4.69) is 9.97 Å². The minimum atomic E-state index is -0.0471. The van der Waals surface area contributed by atoms with Crippen LogP contribution in [0.4, 0.5) is 0 Å². The Hall–Kier alpha value is -2.99. The first-order chi connectivity index (χ1) is 13.1. The second-order valence-corrected chi connectivity index (χ2v) is 7.43. The van der Waals surface area contributed by atoms with Gasteiger partial charge in [-0.2, -0.15) is 0 Å². The summed E-state index contributed by atoms with van der Waals surface area (Å²) in [5.74, 6) is 0.822. The third-order valence-corrected chi connectivity index (χ3v) is 5.24. The van der Waals surface area contributed by atoms with Crippen LogP contribution >= 0.6 is 11.3 Å². The molecule has 136 valence electrons. The summed E-state index contributed by atoms with van der Waals surface area (Å²) in [5, 5.41) is 3.47. The van der Waals surface area contributed by atoms with E-state index in [0.29, 0.717) is 18.5 Å². The molecule has 0 radical (unpaired) electrons.